The molecule has 0 spiro atoms. The standard InChI is InChI=1S/C14H21N3/c1-15(2)10-5-6-13-12(9-10)11-7-8-16(3)14(11)17(13)4/h5-6,9,11,14H,7-8H2,1-4H3. The number of hydrogen-bond donors (Lipinski definition) is 0. The van der Waals surface area contributed by atoms with Crippen LogP contribution in [-0.4, -0.2) is 45.8 Å². The van der Waals surface area contributed by atoms with Crippen molar-refractivity contribution in [1.29, 1.82) is 0 Å². The van der Waals surface area contributed by atoms with Crippen molar-refractivity contribution in [3.63, 3.8) is 0 Å². The van der Waals surface area contributed by atoms with Crippen molar-refractivity contribution in [3.05, 3.63) is 23.8 Å². The maximum atomic E-state index is 2.47. The minimum Gasteiger partial charge on any atom is -0.378 e. The van der Waals surface area contributed by atoms with Crippen LogP contribution < -0.4 is 9.80 Å². The fraction of sp³-hybridized carbons (Fsp3) is 0.571. The first kappa shape index (κ1) is 10.9. The van der Waals surface area contributed by atoms with Crippen LogP contribution in [0.5, 0.6) is 0 Å². The third-order valence-corrected chi connectivity index (χ3v) is 4.31. The van der Waals surface area contributed by atoms with Gasteiger partial charge in [-0.1, -0.05) is 0 Å². The molecule has 1 saturated heterocycles. The minimum absolute atomic E-state index is 0.572. The van der Waals surface area contributed by atoms with Crippen LogP contribution in [0.15, 0.2) is 18.2 Å². The lowest BCUT2D eigenvalue weighted by Gasteiger charge is -2.28. The summed E-state index contributed by atoms with van der Waals surface area (Å²) in [5, 5.41) is 0. The Balaban J connectivity index is 2.05. The van der Waals surface area contributed by atoms with Gasteiger partial charge in [-0.15, -0.1) is 0 Å². The predicted octanol–water partition coefficient (Wildman–Crippen LogP) is 1.95. The Morgan fingerprint density at radius 1 is 1.24 bits per heavy atom. The second kappa shape index (κ2) is 3.64. The summed E-state index contributed by atoms with van der Waals surface area (Å²) < 4.78 is 0. The van der Waals surface area contributed by atoms with E-state index in [4.69, 9.17) is 0 Å². The molecule has 3 rings (SSSR count). The van der Waals surface area contributed by atoms with Gasteiger partial charge in [-0.25, -0.2) is 0 Å². The van der Waals surface area contributed by atoms with Crippen molar-refractivity contribution in [2.75, 3.05) is 44.5 Å². The fourth-order valence-electron chi connectivity index (χ4n) is 3.39. The molecule has 0 radical (unpaired) electrons. The van der Waals surface area contributed by atoms with Gasteiger partial charge in [0.05, 0.1) is 6.17 Å². The highest BCUT2D eigenvalue weighted by atomic mass is 15.4. The minimum atomic E-state index is 0.572. The van der Waals surface area contributed by atoms with Crippen LogP contribution in [0.4, 0.5) is 11.4 Å². The molecule has 1 aromatic rings. The molecule has 92 valence electrons. The van der Waals surface area contributed by atoms with Gasteiger partial charge in [-0.05, 0) is 37.2 Å². The van der Waals surface area contributed by atoms with Gasteiger partial charge in [0.1, 0.15) is 0 Å². The molecule has 2 aliphatic heterocycles. The molecule has 2 atom stereocenters. The monoisotopic (exact) mass is 231 g/mol. The first-order valence-corrected chi connectivity index (χ1v) is 6.34. The van der Waals surface area contributed by atoms with E-state index in [1.165, 1.54) is 29.9 Å². The van der Waals surface area contributed by atoms with E-state index in [-0.39, 0.29) is 0 Å². The van der Waals surface area contributed by atoms with E-state index in [1.807, 2.05) is 0 Å². The molecular formula is C14H21N3. The van der Waals surface area contributed by atoms with Gasteiger partial charge in [0.2, 0.25) is 0 Å². The van der Waals surface area contributed by atoms with Gasteiger partial charge < -0.3 is 9.80 Å². The molecule has 0 saturated carbocycles. The van der Waals surface area contributed by atoms with Crippen LogP contribution >= 0.6 is 0 Å². The predicted molar refractivity (Wildman–Crippen MR) is 72.9 cm³/mol. The van der Waals surface area contributed by atoms with Crippen molar-refractivity contribution in [3.8, 4) is 0 Å². The summed E-state index contributed by atoms with van der Waals surface area (Å²) in [4.78, 5) is 7.10. The third kappa shape index (κ3) is 1.45. The molecule has 2 heterocycles. The topological polar surface area (TPSA) is 9.72 Å². The van der Waals surface area contributed by atoms with Crippen molar-refractivity contribution >= 4 is 11.4 Å². The summed E-state index contributed by atoms with van der Waals surface area (Å²) in [6.07, 6.45) is 1.86. The molecule has 2 aliphatic rings. The number of likely N-dealkylation sites (N-methyl/N-ethyl adjacent to an activating group) is 2. The second-order valence-corrected chi connectivity index (χ2v) is 5.54. The number of likely N-dealkylation sites (tertiary alicyclic amines) is 1. The zero-order valence-electron chi connectivity index (χ0n) is 11.1. The highest BCUT2D eigenvalue weighted by molar-refractivity contribution is 5.67. The highest BCUT2D eigenvalue weighted by Crippen LogP contribution is 2.47. The third-order valence-electron chi connectivity index (χ3n) is 4.31. The molecular weight excluding hydrogens is 210 g/mol. The number of nitrogens with zero attached hydrogens (tertiary/aromatic N) is 3. The molecule has 0 aliphatic carbocycles. The van der Waals surface area contributed by atoms with Crippen LogP contribution in [0, 0.1) is 0 Å². The summed E-state index contributed by atoms with van der Waals surface area (Å²) in [5.74, 6) is 0.694. The van der Waals surface area contributed by atoms with Crippen molar-refractivity contribution in [1.82, 2.24) is 4.90 Å². The largest absolute Gasteiger partial charge is 0.378 e. The Morgan fingerprint density at radius 2 is 2.00 bits per heavy atom. The number of benzene rings is 1. The van der Waals surface area contributed by atoms with Crippen molar-refractivity contribution in [2.24, 2.45) is 0 Å². The first-order valence-electron chi connectivity index (χ1n) is 6.34. The summed E-state index contributed by atoms with van der Waals surface area (Å²) in [6, 6.07) is 6.86. The number of rotatable bonds is 1. The lowest BCUT2D eigenvalue weighted by Crippen LogP contribution is -2.39. The van der Waals surface area contributed by atoms with E-state index >= 15 is 0 Å². The average molecular weight is 231 g/mol. The molecule has 3 nitrogen and oxygen atoms in total. The quantitative estimate of drug-likeness (QED) is 0.731. The smallest absolute Gasteiger partial charge is 0.0885 e. The maximum absolute atomic E-state index is 2.47. The summed E-state index contributed by atoms with van der Waals surface area (Å²) in [6.45, 7) is 1.21. The lowest BCUT2D eigenvalue weighted by molar-refractivity contribution is 0.305. The lowest BCUT2D eigenvalue weighted by atomic mass is 9.98. The van der Waals surface area contributed by atoms with E-state index in [0.717, 1.165) is 0 Å². The van der Waals surface area contributed by atoms with E-state index in [2.05, 4.69) is 61.1 Å². The van der Waals surface area contributed by atoms with Crippen LogP contribution in [0.1, 0.15) is 17.9 Å². The molecule has 3 heteroatoms. The number of anilines is 2. The molecule has 17 heavy (non-hydrogen) atoms. The first-order chi connectivity index (χ1) is 8.09. The molecule has 0 amide bonds. The van der Waals surface area contributed by atoms with Crippen LogP contribution in [0.2, 0.25) is 0 Å². The number of hydrogen-bond acceptors (Lipinski definition) is 3. The zero-order chi connectivity index (χ0) is 12.2. The molecule has 2 unspecified atom stereocenters. The summed E-state index contributed by atoms with van der Waals surface area (Å²) >= 11 is 0. The Kier molecular flexibility index (Phi) is 2.33. The molecule has 0 aromatic heterocycles. The van der Waals surface area contributed by atoms with E-state index in [1.54, 1.807) is 0 Å². The number of fused-ring (bicyclic) bond motifs is 3. The normalized spacial score (nSPS) is 27.2. The molecule has 0 N–H and O–H groups in total. The Bertz CT molecular complexity index is 441. The molecule has 1 aromatic carbocycles. The van der Waals surface area contributed by atoms with E-state index in [9.17, 15) is 0 Å². The van der Waals surface area contributed by atoms with Gasteiger partial charge >= 0.3 is 0 Å². The zero-order valence-corrected chi connectivity index (χ0v) is 11.1. The van der Waals surface area contributed by atoms with Gasteiger partial charge in [0, 0.05) is 45.0 Å². The van der Waals surface area contributed by atoms with Crippen LogP contribution in [0.25, 0.3) is 0 Å². The molecule has 1 fully saturated rings. The summed E-state index contributed by atoms with van der Waals surface area (Å²) in [5.41, 5.74) is 4.26. The fourth-order valence-corrected chi connectivity index (χ4v) is 3.39. The average Bonchev–Trinajstić information content (AvgIpc) is 2.80. The summed E-state index contributed by atoms with van der Waals surface area (Å²) in [7, 11) is 8.68. The second-order valence-electron chi connectivity index (χ2n) is 5.54. The van der Waals surface area contributed by atoms with Gasteiger partial charge in [-0.2, -0.15) is 0 Å². The maximum Gasteiger partial charge on any atom is 0.0885 e. The van der Waals surface area contributed by atoms with Gasteiger partial charge in [-0.3, -0.25) is 4.90 Å². The van der Waals surface area contributed by atoms with Crippen LogP contribution in [0.3, 0.4) is 0 Å². The Hall–Kier alpha value is -1.22. The highest BCUT2D eigenvalue weighted by Gasteiger charge is 2.42. The van der Waals surface area contributed by atoms with E-state index < -0.39 is 0 Å². The molecule has 0 bridgehead atoms. The van der Waals surface area contributed by atoms with Crippen LogP contribution in [-0.2, 0) is 0 Å². The SMILES string of the molecule is CN(C)c1ccc2c(c1)C1CCN(C)C1N2C. The Morgan fingerprint density at radius 3 is 2.71 bits per heavy atom. The van der Waals surface area contributed by atoms with Crippen molar-refractivity contribution < 1.29 is 0 Å². The van der Waals surface area contributed by atoms with Gasteiger partial charge in [0.15, 0.2) is 0 Å². The van der Waals surface area contributed by atoms with E-state index in [0.29, 0.717) is 12.1 Å². The van der Waals surface area contributed by atoms with Crippen molar-refractivity contribution in [2.45, 2.75) is 18.5 Å². The Labute approximate surface area is 104 Å². The van der Waals surface area contributed by atoms with Gasteiger partial charge in [0.25, 0.3) is 0 Å².